The van der Waals surface area contributed by atoms with Crippen molar-refractivity contribution in [3.63, 3.8) is 0 Å². The molecular weight excluding hydrogens is 354 g/mol. The van der Waals surface area contributed by atoms with E-state index in [9.17, 15) is 8.42 Å². The Labute approximate surface area is 133 Å². The van der Waals surface area contributed by atoms with Gasteiger partial charge in [0.2, 0.25) is 0 Å². The SMILES string of the molecule is Cc1cc(C)cc(NS(=O)(=O)c2cc(CO)ccc2Br)c1. The molecule has 0 aromatic heterocycles. The molecule has 6 heteroatoms. The Morgan fingerprint density at radius 3 is 2.29 bits per heavy atom. The summed E-state index contributed by atoms with van der Waals surface area (Å²) in [5, 5.41) is 9.15. The molecular formula is C15H16BrNO3S. The molecule has 0 aliphatic rings. The Bertz CT molecular complexity index is 752. The summed E-state index contributed by atoms with van der Waals surface area (Å²) in [6.07, 6.45) is 0. The fraction of sp³-hybridized carbons (Fsp3) is 0.200. The topological polar surface area (TPSA) is 66.4 Å². The third-order valence-corrected chi connectivity index (χ3v) is 5.32. The zero-order chi connectivity index (χ0) is 15.6. The highest BCUT2D eigenvalue weighted by Crippen LogP contribution is 2.26. The van der Waals surface area contributed by atoms with Crippen LogP contribution in [-0.4, -0.2) is 13.5 Å². The summed E-state index contributed by atoms with van der Waals surface area (Å²) in [7, 11) is -3.72. The average molecular weight is 370 g/mol. The second-order valence-electron chi connectivity index (χ2n) is 4.90. The number of rotatable bonds is 4. The van der Waals surface area contributed by atoms with Gasteiger partial charge in [-0.2, -0.15) is 0 Å². The van der Waals surface area contributed by atoms with Gasteiger partial charge in [-0.05, 0) is 70.7 Å². The number of anilines is 1. The monoisotopic (exact) mass is 369 g/mol. The standard InChI is InChI=1S/C15H16BrNO3S/c1-10-5-11(2)7-13(6-10)17-21(19,20)15-8-12(9-18)3-4-14(15)16/h3-8,17-18H,9H2,1-2H3. The zero-order valence-electron chi connectivity index (χ0n) is 11.7. The average Bonchev–Trinajstić information content (AvgIpc) is 2.37. The van der Waals surface area contributed by atoms with E-state index in [-0.39, 0.29) is 11.5 Å². The minimum atomic E-state index is -3.72. The number of aliphatic hydroxyl groups is 1. The minimum Gasteiger partial charge on any atom is -0.392 e. The van der Waals surface area contributed by atoms with Gasteiger partial charge in [-0.3, -0.25) is 4.72 Å². The fourth-order valence-corrected chi connectivity index (χ4v) is 4.15. The highest BCUT2D eigenvalue weighted by Gasteiger charge is 2.18. The molecule has 112 valence electrons. The molecule has 0 saturated heterocycles. The lowest BCUT2D eigenvalue weighted by Gasteiger charge is -2.12. The lowest BCUT2D eigenvalue weighted by molar-refractivity contribution is 0.281. The van der Waals surface area contributed by atoms with Crippen molar-refractivity contribution in [2.75, 3.05) is 4.72 Å². The lowest BCUT2D eigenvalue weighted by atomic mass is 10.1. The minimum absolute atomic E-state index is 0.105. The lowest BCUT2D eigenvalue weighted by Crippen LogP contribution is -2.14. The van der Waals surface area contributed by atoms with Gasteiger partial charge < -0.3 is 5.11 Å². The first-order valence-corrected chi connectivity index (χ1v) is 8.60. The number of nitrogens with one attached hydrogen (secondary N) is 1. The molecule has 2 rings (SSSR count). The van der Waals surface area contributed by atoms with Gasteiger partial charge >= 0.3 is 0 Å². The molecule has 0 heterocycles. The molecule has 0 spiro atoms. The molecule has 0 amide bonds. The molecule has 0 fully saturated rings. The van der Waals surface area contributed by atoms with Crippen LogP contribution < -0.4 is 4.72 Å². The quantitative estimate of drug-likeness (QED) is 0.867. The summed E-state index contributed by atoms with van der Waals surface area (Å²) in [4.78, 5) is 0.105. The number of halogens is 1. The van der Waals surface area contributed by atoms with Crippen LogP contribution >= 0.6 is 15.9 Å². The maximum atomic E-state index is 12.5. The highest BCUT2D eigenvalue weighted by atomic mass is 79.9. The van der Waals surface area contributed by atoms with Crippen molar-refractivity contribution >= 4 is 31.6 Å². The molecule has 0 aliphatic heterocycles. The molecule has 0 aliphatic carbocycles. The maximum Gasteiger partial charge on any atom is 0.263 e. The van der Waals surface area contributed by atoms with E-state index in [4.69, 9.17) is 5.11 Å². The van der Waals surface area contributed by atoms with Gasteiger partial charge in [0, 0.05) is 10.2 Å². The van der Waals surface area contributed by atoms with Crippen molar-refractivity contribution in [2.45, 2.75) is 25.3 Å². The second-order valence-corrected chi connectivity index (χ2v) is 7.41. The Morgan fingerprint density at radius 1 is 1.10 bits per heavy atom. The number of benzene rings is 2. The van der Waals surface area contributed by atoms with Crippen molar-refractivity contribution in [3.8, 4) is 0 Å². The van der Waals surface area contributed by atoms with E-state index < -0.39 is 10.0 Å². The van der Waals surface area contributed by atoms with E-state index in [1.807, 2.05) is 19.9 Å². The molecule has 2 aromatic rings. The van der Waals surface area contributed by atoms with Crippen molar-refractivity contribution < 1.29 is 13.5 Å². The molecule has 0 unspecified atom stereocenters. The zero-order valence-corrected chi connectivity index (χ0v) is 14.1. The van der Waals surface area contributed by atoms with Crippen LogP contribution in [0.2, 0.25) is 0 Å². The molecule has 0 radical (unpaired) electrons. The third-order valence-electron chi connectivity index (χ3n) is 2.94. The summed E-state index contributed by atoms with van der Waals surface area (Å²) in [5.41, 5.74) is 3.03. The predicted octanol–water partition coefficient (Wildman–Crippen LogP) is 3.36. The molecule has 2 aromatic carbocycles. The largest absolute Gasteiger partial charge is 0.392 e. The Hall–Kier alpha value is -1.37. The summed E-state index contributed by atoms with van der Waals surface area (Å²) >= 11 is 3.24. The molecule has 0 atom stereocenters. The Balaban J connectivity index is 2.42. The molecule has 4 nitrogen and oxygen atoms in total. The van der Waals surface area contributed by atoms with Crippen LogP contribution in [0.5, 0.6) is 0 Å². The van der Waals surface area contributed by atoms with Gasteiger partial charge in [-0.15, -0.1) is 0 Å². The number of aryl methyl sites for hydroxylation is 2. The molecule has 21 heavy (non-hydrogen) atoms. The maximum absolute atomic E-state index is 12.5. The highest BCUT2D eigenvalue weighted by molar-refractivity contribution is 9.10. The predicted molar refractivity (Wildman–Crippen MR) is 86.8 cm³/mol. The van der Waals surface area contributed by atoms with Gasteiger partial charge in [-0.1, -0.05) is 12.1 Å². The van der Waals surface area contributed by atoms with Gasteiger partial charge in [0.1, 0.15) is 4.90 Å². The first kappa shape index (κ1) is 16.0. The summed E-state index contributed by atoms with van der Waals surface area (Å²) < 4.78 is 28.0. The van der Waals surface area contributed by atoms with E-state index >= 15 is 0 Å². The van der Waals surface area contributed by atoms with Crippen LogP contribution in [-0.2, 0) is 16.6 Å². The first-order valence-electron chi connectivity index (χ1n) is 6.32. The summed E-state index contributed by atoms with van der Waals surface area (Å²) in [6.45, 7) is 3.61. The molecule has 0 saturated carbocycles. The molecule has 2 N–H and O–H groups in total. The van der Waals surface area contributed by atoms with Crippen molar-refractivity contribution in [1.82, 2.24) is 0 Å². The van der Waals surface area contributed by atoms with E-state index in [0.717, 1.165) is 11.1 Å². The fourth-order valence-electron chi connectivity index (χ4n) is 2.10. The first-order chi connectivity index (χ1) is 9.81. The van der Waals surface area contributed by atoms with Crippen LogP contribution in [0.1, 0.15) is 16.7 Å². The number of hydrogen-bond acceptors (Lipinski definition) is 3. The van der Waals surface area contributed by atoms with Crippen molar-refractivity contribution in [2.24, 2.45) is 0 Å². The Morgan fingerprint density at radius 2 is 1.71 bits per heavy atom. The van der Waals surface area contributed by atoms with Crippen molar-refractivity contribution in [3.05, 3.63) is 57.6 Å². The van der Waals surface area contributed by atoms with E-state index in [2.05, 4.69) is 20.7 Å². The van der Waals surface area contributed by atoms with Crippen molar-refractivity contribution in [1.29, 1.82) is 0 Å². The number of aliphatic hydroxyl groups excluding tert-OH is 1. The normalized spacial score (nSPS) is 11.4. The van der Waals surface area contributed by atoms with Crippen LogP contribution in [0.4, 0.5) is 5.69 Å². The number of hydrogen-bond donors (Lipinski definition) is 2. The Kier molecular flexibility index (Phi) is 4.70. The third kappa shape index (κ3) is 3.84. The summed E-state index contributed by atoms with van der Waals surface area (Å²) in [6, 6.07) is 10.2. The number of sulfonamides is 1. The van der Waals surface area contributed by atoms with Crippen LogP contribution in [0.25, 0.3) is 0 Å². The van der Waals surface area contributed by atoms with Crippen LogP contribution in [0.15, 0.2) is 45.8 Å². The smallest absolute Gasteiger partial charge is 0.263 e. The van der Waals surface area contributed by atoms with Gasteiger partial charge in [-0.25, -0.2) is 8.42 Å². The summed E-state index contributed by atoms with van der Waals surface area (Å²) in [5.74, 6) is 0. The van der Waals surface area contributed by atoms with Gasteiger partial charge in [0.15, 0.2) is 0 Å². The van der Waals surface area contributed by atoms with E-state index in [0.29, 0.717) is 15.7 Å². The van der Waals surface area contributed by atoms with Gasteiger partial charge in [0.25, 0.3) is 10.0 Å². The van der Waals surface area contributed by atoms with E-state index in [1.165, 1.54) is 6.07 Å². The van der Waals surface area contributed by atoms with Gasteiger partial charge in [0.05, 0.1) is 6.61 Å². The van der Waals surface area contributed by atoms with Crippen LogP contribution in [0, 0.1) is 13.8 Å². The van der Waals surface area contributed by atoms with E-state index in [1.54, 1.807) is 24.3 Å². The second kappa shape index (κ2) is 6.17. The molecule has 0 bridgehead atoms. The van der Waals surface area contributed by atoms with Crippen LogP contribution in [0.3, 0.4) is 0 Å².